The number of aliphatic hydroxyl groups excluding tert-OH is 1. The molecule has 0 bridgehead atoms. The van der Waals surface area contributed by atoms with Crippen molar-refractivity contribution < 1.29 is 9.50 Å². The molecule has 2 heterocycles. The average molecular weight is 404 g/mol. The lowest BCUT2D eigenvalue weighted by molar-refractivity contribution is 0.152. The van der Waals surface area contributed by atoms with E-state index in [9.17, 15) is 4.39 Å². The monoisotopic (exact) mass is 403 g/mol. The largest absolute Gasteiger partial charge is 0.396 e. The number of thiazole rings is 1. The zero-order valence-electron chi connectivity index (χ0n) is 17.5. The second kappa shape index (κ2) is 9.43. The van der Waals surface area contributed by atoms with E-state index in [2.05, 4.69) is 55.1 Å². The minimum Gasteiger partial charge on any atom is -0.396 e. The van der Waals surface area contributed by atoms with Gasteiger partial charge in [0.05, 0.1) is 0 Å². The molecule has 0 amide bonds. The van der Waals surface area contributed by atoms with E-state index in [1.54, 1.807) is 11.3 Å². The molecule has 0 aliphatic carbocycles. The molecule has 2 aromatic heterocycles. The standard InChI is InChI=1S/C17H19N3S.C5H11FO/c1-11(2)14-9-10-15-17(18-14)21-16(19-15)12-5-7-13(8-6-12)20(3)4;1-5(2,6)3-4-7/h5-11H,1-4H3;7H,3-4H2,1-2H3. The maximum absolute atomic E-state index is 12.2. The lowest BCUT2D eigenvalue weighted by atomic mass is 10.1. The fraction of sp³-hybridized carbons (Fsp3) is 0.455. The van der Waals surface area contributed by atoms with Crippen LogP contribution in [0.2, 0.25) is 0 Å². The molecule has 1 aromatic carbocycles. The molecular formula is C22H30FN3OS. The predicted octanol–water partition coefficient (Wildman–Crippen LogP) is 5.66. The Labute approximate surface area is 171 Å². The van der Waals surface area contributed by atoms with Gasteiger partial charge in [-0.05, 0) is 56.2 Å². The first-order chi connectivity index (χ1) is 13.1. The number of anilines is 1. The maximum Gasteiger partial charge on any atom is 0.144 e. The van der Waals surface area contributed by atoms with Crippen molar-refractivity contribution in [3.05, 3.63) is 42.1 Å². The third-order valence-corrected chi connectivity index (χ3v) is 5.22. The van der Waals surface area contributed by atoms with Crippen molar-refractivity contribution in [2.24, 2.45) is 0 Å². The van der Waals surface area contributed by atoms with Crippen molar-refractivity contribution in [2.75, 3.05) is 25.6 Å². The third-order valence-electron chi connectivity index (χ3n) is 4.21. The van der Waals surface area contributed by atoms with Gasteiger partial charge < -0.3 is 10.0 Å². The Hall–Kier alpha value is -2.05. The van der Waals surface area contributed by atoms with Crippen LogP contribution < -0.4 is 4.90 Å². The second-order valence-corrected chi connectivity index (χ2v) is 8.85. The Morgan fingerprint density at radius 2 is 1.71 bits per heavy atom. The van der Waals surface area contributed by atoms with E-state index in [0.717, 1.165) is 26.6 Å². The topological polar surface area (TPSA) is 49.3 Å². The molecule has 0 aliphatic heterocycles. The summed E-state index contributed by atoms with van der Waals surface area (Å²) >= 11 is 1.66. The van der Waals surface area contributed by atoms with Crippen LogP contribution in [-0.2, 0) is 0 Å². The maximum atomic E-state index is 12.2. The normalized spacial score (nSPS) is 11.5. The highest BCUT2D eigenvalue weighted by Crippen LogP contribution is 2.31. The van der Waals surface area contributed by atoms with Crippen LogP contribution in [0.15, 0.2) is 36.4 Å². The van der Waals surface area contributed by atoms with Gasteiger partial charge in [0.25, 0.3) is 0 Å². The van der Waals surface area contributed by atoms with E-state index in [0.29, 0.717) is 5.92 Å². The molecule has 0 saturated carbocycles. The molecule has 0 spiro atoms. The highest BCUT2D eigenvalue weighted by molar-refractivity contribution is 7.21. The molecule has 152 valence electrons. The van der Waals surface area contributed by atoms with Crippen LogP contribution in [0, 0.1) is 0 Å². The van der Waals surface area contributed by atoms with Gasteiger partial charge in [-0.15, -0.1) is 0 Å². The Balaban J connectivity index is 0.000000345. The molecule has 6 heteroatoms. The number of benzene rings is 1. The number of fused-ring (bicyclic) bond motifs is 1. The Bertz CT molecular complexity index is 883. The van der Waals surface area contributed by atoms with Gasteiger partial charge in [-0.2, -0.15) is 0 Å². The molecule has 4 nitrogen and oxygen atoms in total. The van der Waals surface area contributed by atoms with Gasteiger partial charge in [0.1, 0.15) is 21.0 Å². The molecule has 0 radical (unpaired) electrons. The highest BCUT2D eigenvalue weighted by Gasteiger charge is 2.13. The third kappa shape index (κ3) is 6.24. The van der Waals surface area contributed by atoms with Crippen LogP contribution in [0.25, 0.3) is 20.9 Å². The van der Waals surface area contributed by atoms with Crippen LogP contribution in [0.5, 0.6) is 0 Å². The summed E-state index contributed by atoms with van der Waals surface area (Å²) in [5, 5.41) is 9.19. The average Bonchev–Trinajstić information content (AvgIpc) is 3.04. The Morgan fingerprint density at radius 1 is 1.07 bits per heavy atom. The predicted molar refractivity (Wildman–Crippen MR) is 118 cm³/mol. The zero-order valence-corrected chi connectivity index (χ0v) is 18.3. The lowest BCUT2D eigenvalue weighted by Crippen LogP contribution is -2.12. The lowest BCUT2D eigenvalue weighted by Gasteiger charge is -2.11. The first-order valence-corrected chi connectivity index (χ1v) is 10.3. The summed E-state index contributed by atoms with van der Waals surface area (Å²) in [4.78, 5) is 12.5. The van der Waals surface area contributed by atoms with Gasteiger partial charge >= 0.3 is 0 Å². The smallest absolute Gasteiger partial charge is 0.144 e. The number of hydrogen-bond acceptors (Lipinski definition) is 5. The van der Waals surface area contributed by atoms with Crippen molar-refractivity contribution in [1.29, 1.82) is 0 Å². The van der Waals surface area contributed by atoms with E-state index < -0.39 is 5.67 Å². The van der Waals surface area contributed by atoms with Crippen LogP contribution in [0.4, 0.5) is 10.1 Å². The SMILES string of the molecule is CC(C)(F)CCO.CC(C)c1ccc2nc(-c3ccc(N(C)C)cc3)sc2n1. The van der Waals surface area contributed by atoms with Gasteiger partial charge in [-0.1, -0.05) is 25.2 Å². The minimum absolute atomic E-state index is 0.0660. The van der Waals surface area contributed by atoms with Crippen molar-refractivity contribution in [3.63, 3.8) is 0 Å². The van der Waals surface area contributed by atoms with E-state index in [-0.39, 0.29) is 13.0 Å². The molecule has 0 fully saturated rings. The van der Waals surface area contributed by atoms with Crippen LogP contribution in [0.3, 0.4) is 0 Å². The zero-order chi connectivity index (χ0) is 20.9. The number of aliphatic hydroxyl groups is 1. The molecular weight excluding hydrogens is 373 g/mol. The number of nitrogens with zero attached hydrogens (tertiary/aromatic N) is 3. The summed E-state index contributed by atoms with van der Waals surface area (Å²) in [7, 11) is 4.09. The fourth-order valence-electron chi connectivity index (χ4n) is 2.44. The van der Waals surface area contributed by atoms with Gasteiger partial charge in [-0.3, -0.25) is 0 Å². The second-order valence-electron chi connectivity index (χ2n) is 7.87. The summed E-state index contributed by atoms with van der Waals surface area (Å²) in [6.07, 6.45) is 0.229. The Morgan fingerprint density at radius 3 is 2.18 bits per heavy atom. The summed E-state index contributed by atoms with van der Waals surface area (Å²) < 4.78 is 12.2. The van der Waals surface area contributed by atoms with E-state index in [1.807, 2.05) is 14.1 Å². The molecule has 0 atom stereocenters. The van der Waals surface area contributed by atoms with E-state index in [1.165, 1.54) is 19.5 Å². The summed E-state index contributed by atoms with van der Waals surface area (Å²) in [6.45, 7) is 7.15. The molecule has 0 saturated heterocycles. The quantitative estimate of drug-likeness (QED) is 0.597. The number of halogens is 1. The van der Waals surface area contributed by atoms with Crippen LogP contribution in [-0.4, -0.2) is 41.4 Å². The van der Waals surface area contributed by atoms with Crippen LogP contribution >= 0.6 is 11.3 Å². The fourth-order valence-corrected chi connectivity index (χ4v) is 3.39. The number of aromatic nitrogens is 2. The molecule has 3 aromatic rings. The van der Waals surface area contributed by atoms with Gasteiger partial charge in [-0.25, -0.2) is 14.4 Å². The summed E-state index contributed by atoms with van der Waals surface area (Å²) in [5.41, 5.74) is 3.25. The van der Waals surface area contributed by atoms with Gasteiger partial charge in [0.15, 0.2) is 0 Å². The van der Waals surface area contributed by atoms with E-state index in [4.69, 9.17) is 15.1 Å². The minimum atomic E-state index is -1.20. The van der Waals surface area contributed by atoms with Gasteiger partial charge in [0.2, 0.25) is 0 Å². The van der Waals surface area contributed by atoms with Crippen LogP contribution in [0.1, 0.15) is 45.7 Å². The van der Waals surface area contributed by atoms with E-state index >= 15 is 0 Å². The van der Waals surface area contributed by atoms with Crippen molar-refractivity contribution in [2.45, 2.75) is 45.7 Å². The van der Waals surface area contributed by atoms with Gasteiger partial charge in [0, 0.05) is 44.1 Å². The Kier molecular flexibility index (Phi) is 7.49. The molecule has 0 unspecified atom stereocenters. The highest BCUT2D eigenvalue weighted by atomic mass is 32.1. The number of pyridine rings is 1. The molecule has 0 aliphatic rings. The summed E-state index contributed by atoms with van der Waals surface area (Å²) in [6, 6.07) is 12.6. The van der Waals surface area contributed by atoms with Crippen molar-refractivity contribution in [1.82, 2.24) is 9.97 Å². The van der Waals surface area contributed by atoms with Crippen molar-refractivity contribution in [3.8, 4) is 10.6 Å². The molecule has 28 heavy (non-hydrogen) atoms. The van der Waals surface area contributed by atoms with Crippen molar-refractivity contribution >= 4 is 27.4 Å². The summed E-state index contributed by atoms with van der Waals surface area (Å²) in [5.74, 6) is 0.444. The molecule has 3 rings (SSSR count). The number of rotatable bonds is 5. The molecule has 1 N–H and O–H groups in total. The number of alkyl halides is 1. The number of hydrogen-bond donors (Lipinski definition) is 1. The first kappa shape index (κ1) is 22.2. The first-order valence-electron chi connectivity index (χ1n) is 9.45.